The Morgan fingerprint density at radius 1 is 1.29 bits per heavy atom. The largest absolute Gasteiger partial charge is 0.469 e. The van der Waals surface area contributed by atoms with Crippen molar-refractivity contribution in [3.63, 3.8) is 0 Å². The Morgan fingerprint density at radius 2 is 2.10 bits per heavy atom. The summed E-state index contributed by atoms with van der Waals surface area (Å²) in [6.07, 6.45) is 3.91. The third-order valence-electron chi connectivity index (χ3n) is 4.03. The molecule has 0 bridgehead atoms. The van der Waals surface area contributed by atoms with E-state index in [0.717, 1.165) is 25.9 Å². The monoisotopic (exact) mass is 300 g/mol. The summed E-state index contributed by atoms with van der Waals surface area (Å²) in [5.41, 5.74) is 7.20. The van der Waals surface area contributed by atoms with Gasteiger partial charge in [0, 0.05) is 6.61 Å². The number of ether oxygens (including phenoxy) is 4. The van der Waals surface area contributed by atoms with Gasteiger partial charge >= 0.3 is 5.97 Å². The Morgan fingerprint density at radius 3 is 2.76 bits per heavy atom. The van der Waals surface area contributed by atoms with Crippen molar-refractivity contribution in [3.05, 3.63) is 0 Å². The second-order valence-electron chi connectivity index (χ2n) is 5.46. The van der Waals surface area contributed by atoms with Crippen molar-refractivity contribution in [1.29, 1.82) is 5.53 Å². The standard InChI is InChI=1S/C14H24N2O5/c1-18-14(17)10-8-11(16-15)12(9-10)19-6-7-21-13-4-2-3-5-20-13/h10-13,15H,2-9H2,1H3/t10?,11-,12-,13?/m0/s1. The van der Waals surface area contributed by atoms with E-state index < -0.39 is 0 Å². The first kappa shape index (κ1) is 16.3. The number of hydrogen-bond acceptors (Lipinski definition) is 7. The molecule has 0 radical (unpaired) electrons. The lowest BCUT2D eigenvalue weighted by Crippen LogP contribution is -2.27. The van der Waals surface area contributed by atoms with Gasteiger partial charge in [-0.15, -0.1) is 0 Å². The molecule has 2 fully saturated rings. The molecule has 120 valence electrons. The molecule has 2 aliphatic rings. The van der Waals surface area contributed by atoms with Gasteiger partial charge in [-0.25, -0.2) is 5.53 Å². The van der Waals surface area contributed by atoms with Gasteiger partial charge in [-0.1, -0.05) is 0 Å². The molecule has 2 unspecified atom stereocenters. The first-order valence-electron chi connectivity index (χ1n) is 7.53. The molecule has 1 aliphatic heterocycles. The molecule has 1 saturated heterocycles. The second kappa shape index (κ2) is 8.41. The number of methoxy groups -OCH3 is 1. The summed E-state index contributed by atoms with van der Waals surface area (Å²) in [4.78, 5) is 11.5. The number of nitrogens with zero attached hydrogens (tertiary/aromatic N) is 1. The van der Waals surface area contributed by atoms with Crippen molar-refractivity contribution in [3.8, 4) is 0 Å². The van der Waals surface area contributed by atoms with Crippen LogP contribution in [0.2, 0.25) is 0 Å². The summed E-state index contributed by atoms with van der Waals surface area (Å²) >= 11 is 0. The van der Waals surface area contributed by atoms with E-state index in [1.165, 1.54) is 7.11 Å². The molecule has 7 nitrogen and oxygen atoms in total. The summed E-state index contributed by atoms with van der Waals surface area (Å²) in [5.74, 6) is -0.469. The molecule has 0 amide bonds. The van der Waals surface area contributed by atoms with E-state index in [1.807, 2.05) is 0 Å². The van der Waals surface area contributed by atoms with Gasteiger partial charge in [-0.05, 0) is 32.1 Å². The van der Waals surface area contributed by atoms with Crippen LogP contribution in [0.5, 0.6) is 0 Å². The molecule has 21 heavy (non-hydrogen) atoms. The van der Waals surface area contributed by atoms with Crippen LogP contribution in [0.1, 0.15) is 32.1 Å². The van der Waals surface area contributed by atoms with E-state index in [-0.39, 0.29) is 30.3 Å². The maximum absolute atomic E-state index is 11.5. The fraction of sp³-hybridized carbons (Fsp3) is 0.929. The van der Waals surface area contributed by atoms with Gasteiger partial charge in [0.2, 0.25) is 0 Å². The lowest BCUT2D eigenvalue weighted by atomic mass is 10.1. The van der Waals surface area contributed by atoms with E-state index in [2.05, 4.69) is 5.11 Å². The molecule has 0 spiro atoms. The van der Waals surface area contributed by atoms with Crippen molar-refractivity contribution in [2.75, 3.05) is 26.9 Å². The molecule has 0 aromatic carbocycles. The number of rotatable bonds is 7. The van der Waals surface area contributed by atoms with Crippen LogP contribution in [0.15, 0.2) is 5.11 Å². The highest BCUT2D eigenvalue weighted by atomic mass is 16.7. The zero-order valence-corrected chi connectivity index (χ0v) is 12.5. The Hall–Kier alpha value is -1.05. The van der Waals surface area contributed by atoms with Gasteiger partial charge in [0.1, 0.15) is 0 Å². The molecule has 1 N–H and O–H groups in total. The van der Waals surface area contributed by atoms with Crippen molar-refractivity contribution in [2.24, 2.45) is 11.0 Å². The Labute approximate surface area is 124 Å². The molecule has 0 aromatic rings. The summed E-state index contributed by atoms with van der Waals surface area (Å²) in [5, 5.41) is 3.56. The zero-order valence-electron chi connectivity index (χ0n) is 12.5. The van der Waals surface area contributed by atoms with Crippen LogP contribution in [0.25, 0.3) is 0 Å². The third-order valence-corrected chi connectivity index (χ3v) is 4.03. The van der Waals surface area contributed by atoms with Crippen LogP contribution in [-0.4, -0.2) is 51.3 Å². The van der Waals surface area contributed by atoms with Crippen LogP contribution in [0.4, 0.5) is 0 Å². The summed E-state index contributed by atoms with van der Waals surface area (Å²) in [7, 11) is 1.38. The number of carbonyl (C=O) groups excluding carboxylic acids is 1. The summed E-state index contributed by atoms with van der Waals surface area (Å²) in [6, 6.07) is -0.264. The van der Waals surface area contributed by atoms with E-state index in [9.17, 15) is 4.79 Å². The third kappa shape index (κ3) is 4.72. The SMILES string of the molecule is COC(=O)C1C[C@H](N=N)[C@@H](OCCOC2CCCCO2)C1. The smallest absolute Gasteiger partial charge is 0.308 e. The van der Waals surface area contributed by atoms with Gasteiger partial charge in [-0.3, -0.25) is 4.79 Å². The van der Waals surface area contributed by atoms with Crippen molar-refractivity contribution >= 4 is 5.97 Å². The number of esters is 1. The maximum Gasteiger partial charge on any atom is 0.308 e. The van der Waals surface area contributed by atoms with Crippen LogP contribution in [-0.2, 0) is 23.7 Å². The van der Waals surface area contributed by atoms with Crippen LogP contribution < -0.4 is 0 Å². The van der Waals surface area contributed by atoms with Gasteiger partial charge in [0.25, 0.3) is 0 Å². The first-order chi connectivity index (χ1) is 10.2. The van der Waals surface area contributed by atoms with E-state index in [0.29, 0.717) is 26.1 Å². The lowest BCUT2D eigenvalue weighted by Gasteiger charge is -2.23. The Balaban J connectivity index is 1.66. The van der Waals surface area contributed by atoms with Gasteiger partial charge in [0.05, 0.1) is 38.4 Å². The van der Waals surface area contributed by atoms with Crippen molar-refractivity contribution < 1.29 is 23.7 Å². The first-order valence-corrected chi connectivity index (χ1v) is 7.53. The molecular weight excluding hydrogens is 276 g/mol. The van der Waals surface area contributed by atoms with Crippen LogP contribution in [0, 0.1) is 11.4 Å². The molecule has 1 saturated carbocycles. The predicted octanol–water partition coefficient (Wildman–Crippen LogP) is 1.90. The molecule has 2 rings (SSSR count). The topological polar surface area (TPSA) is 90.2 Å². The lowest BCUT2D eigenvalue weighted by molar-refractivity contribution is -0.171. The fourth-order valence-electron chi connectivity index (χ4n) is 2.87. The normalized spacial score (nSPS) is 32.8. The average molecular weight is 300 g/mol. The van der Waals surface area contributed by atoms with Gasteiger partial charge < -0.3 is 18.9 Å². The minimum atomic E-state index is -0.264. The molecule has 4 atom stereocenters. The predicted molar refractivity (Wildman–Crippen MR) is 73.0 cm³/mol. The fourth-order valence-corrected chi connectivity index (χ4v) is 2.87. The molecule has 0 aromatic heterocycles. The van der Waals surface area contributed by atoms with Crippen LogP contribution in [0.3, 0.4) is 0 Å². The average Bonchev–Trinajstić information content (AvgIpc) is 2.95. The molecule has 1 aliphatic carbocycles. The van der Waals surface area contributed by atoms with Crippen molar-refractivity contribution in [2.45, 2.75) is 50.5 Å². The zero-order chi connectivity index (χ0) is 15.1. The number of hydrogen-bond donors (Lipinski definition) is 1. The Bertz CT molecular complexity index is 346. The minimum Gasteiger partial charge on any atom is -0.469 e. The highest BCUT2D eigenvalue weighted by Crippen LogP contribution is 2.31. The van der Waals surface area contributed by atoms with Crippen LogP contribution >= 0.6 is 0 Å². The Kier molecular flexibility index (Phi) is 6.53. The van der Waals surface area contributed by atoms with Gasteiger partial charge in [0.15, 0.2) is 6.29 Å². The molecular formula is C14H24N2O5. The second-order valence-corrected chi connectivity index (χ2v) is 5.46. The van der Waals surface area contributed by atoms with Crippen molar-refractivity contribution in [1.82, 2.24) is 0 Å². The molecule has 7 heteroatoms. The minimum absolute atomic E-state index is 0.120. The van der Waals surface area contributed by atoms with Gasteiger partial charge in [-0.2, -0.15) is 5.11 Å². The number of nitrogens with one attached hydrogen (secondary N) is 1. The maximum atomic E-state index is 11.5. The van der Waals surface area contributed by atoms with E-state index in [1.54, 1.807) is 0 Å². The summed E-state index contributed by atoms with van der Waals surface area (Å²) < 4.78 is 21.5. The van der Waals surface area contributed by atoms with E-state index >= 15 is 0 Å². The quantitative estimate of drug-likeness (QED) is 0.440. The summed E-state index contributed by atoms with van der Waals surface area (Å²) in [6.45, 7) is 1.63. The highest BCUT2D eigenvalue weighted by molar-refractivity contribution is 5.72. The highest BCUT2D eigenvalue weighted by Gasteiger charge is 2.39. The molecule has 1 heterocycles. The number of carbonyl (C=O) groups is 1. The van der Waals surface area contributed by atoms with E-state index in [4.69, 9.17) is 24.5 Å².